The minimum absolute atomic E-state index is 0.125. The summed E-state index contributed by atoms with van der Waals surface area (Å²) >= 11 is 0. The lowest BCUT2D eigenvalue weighted by molar-refractivity contribution is 0.622. The SMILES string of the molecule is Cc1cccc(NCC#N)c1F. The van der Waals surface area contributed by atoms with E-state index in [1.54, 1.807) is 25.1 Å². The Kier molecular flexibility index (Phi) is 2.65. The Bertz CT molecular complexity index is 315. The first-order chi connectivity index (χ1) is 5.75. The molecule has 1 rings (SSSR count). The van der Waals surface area contributed by atoms with Gasteiger partial charge in [0.25, 0.3) is 0 Å². The molecule has 0 heterocycles. The molecule has 12 heavy (non-hydrogen) atoms. The van der Waals surface area contributed by atoms with Crippen molar-refractivity contribution in [3.8, 4) is 6.07 Å². The number of nitriles is 1. The molecule has 0 unspecified atom stereocenters. The van der Waals surface area contributed by atoms with E-state index in [1.165, 1.54) is 0 Å². The van der Waals surface area contributed by atoms with Gasteiger partial charge in [-0.25, -0.2) is 4.39 Å². The summed E-state index contributed by atoms with van der Waals surface area (Å²) in [5.41, 5.74) is 0.967. The van der Waals surface area contributed by atoms with E-state index in [1.807, 2.05) is 6.07 Å². The summed E-state index contributed by atoms with van der Waals surface area (Å²) < 4.78 is 13.2. The van der Waals surface area contributed by atoms with Gasteiger partial charge in [-0.1, -0.05) is 12.1 Å². The van der Waals surface area contributed by atoms with E-state index >= 15 is 0 Å². The molecule has 1 aromatic rings. The number of benzene rings is 1. The number of hydrogen-bond acceptors (Lipinski definition) is 2. The van der Waals surface area contributed by atoms with E-state index in [0.717, 1.165) is 0 Å². The molecule has 0 aliphatic carbocycles. The fourth-order valence-corrected chi connectivity index (χ4v) is 0.919. The number of anilines is 1. The molecule has 0 amide bonds. The van der Waals surface area contributed by atoms with Crippen LogP contribution in [0.25, 0.3) is 0 Å². The molecule has 0 saturated carbocycles. The summed E-state index contributed by atoms with van der Waals surface area (Å²) in [6.07, 6.45) is 0. The fraction of sp³-hybridized carbons (Fsp3) is 0.222. The Morgan fingerprint density at radius 2 is 2.33 bits per heavy atom. The van der Waals surface area contributed by atoms with E-state index in [2.05, 4.69) is 5.32 Å². The minimum atomic E-state index is -0.284. The number of aryl methyl sites for hydroxylation is 1. The standard InChI is InChI=1S/C9H9FN2/c1-7-3-2-4-8(9(7)10)12-6-5-11/h2-4,12H,6H2,1H3. The second-order valence-electron chi connectivity index (χ2n) is 2.45. The van der Waals surface area contributed by atoms with Crippen molar-refractivity contribution in [3.05, 3.63) is 29.6 Å². The first-order valence-electron chi connectivity index (χ1n) is 3.61. The Labute approximate surface area is 70.6 Å². The zero-order valence-electron chi connectivity index (χ0n) is 6.76. The quantitative estimate of drug-likeness (QED) is 0.679. The molecular formula is C9H9FN2. The van der Waals surface area contributed by atoms with Gasteiger partial charge < -0.3 is 5.32 Å². The van der Waals surface area contributed by atoms with Gasteiger partial charge >= 0.3 is 0 Å². The van der Waals surface area contributed by atoms with Crippen molar-refractivity contribution in [2.75, 3.05) is 11.9 Å². The monoisotopic (exact) mass is 164 g/mol. The third kappa shape index (κ3) is 1.73. The molecule has 3 heteroatoms. The Balaban J connectivity index is 2.86. The molecule has 0 aliphatic heterocycles. The smallest absolute Gasteiger partial charge is 0.149 e. The number of rotatable bonds is 2. The van der Waals surface area contributed by atoms with E-state index in [-0.39, 0.29) is 12.4 Å². The molecule has 0 fully saturated rings. The van der Waals surface area contributed by atoms with Crippen LogP contribution in [0.4, 0.5) is 10.1 Å². The van der Waals surface area contributed by atoms with Crippen LogP contribution in [0.15, 0.2) is 18.2 Å². The van der Waals surface area contributed by atoms with Crippen LogP contribution >= 0.6 is 0 Å². The van der Waals surface area contributed by atoms with Crippen molar-refractivity contribution in [3.63, 3.8) is 0 Å². The Morgan fingerprint density at radius 3 is 3.00 bits per heavy atom. The summed E-state index contributed by atoms with van der Waals surface area (Å²) in [6, 6.07) is 6.93. The van der Waals surface area contributed by atoms with E-state index in [9.17, 15) is 4.39 Å². The molecule has 0 spiro atoms. The molecule has 0 aromatic heterocycles. The van der Waals surface area contributed by atoms with Gasteiger partial charge in [0.1, 0.15) is 12.4 Å². The normalized spacial score (nSPS) is 9.08. The summed E-state index contributed by atoms with van der Waals surface area (Å²) in [6.45, 7) is 1.81. The van der Waals surface area contributed by atoms with Crippen molar-refractivity contribution < 1.29 is 4.39 Å². The molecule has 0 radical (unpaired) electrons. The van der Waals surface area contributed by atoms with Crippen molar-refractivity contribution in [2.24, 2.45) is 0 Å². The minimum Gasteiger partial charge on any atom is -0.370 e. The van der Waals surface area contributed by atoms with Crippen molar-refractivity contribution >= 4 is 5.69 Å². The average molecular weight is 164 g/mol. The highest BCUT2D eigenvalue weighted by atomic mass is 19.1. The van der Waals surface area contributed by atoms with Crippen LogP contribution in [0.2, 0.25) is 0 Å². The van der Waals surface area contributed by atoms with Crippen molar-refractivity contribution in [2.45, 2.75) is 6.92 Å². The van der Waals surface area contributed by atoms with Gasteiger partial charge in [-0.3, -0.25) is 0 Å². The highest BCUT2D eigenvalue weighted by Gasteiger charge is 2.02. The molecule has 0 aliphatic rings. The second kappa shape index (κ2) is 3.72. The maximum atomic E-state index is 13.2. The van der Waals surface area contributed by atoms with E-state index in [4.69, 9.17) is 5.26 Å². The predicted molar refractivity (Wildman–Crippen MR) is 45.2 cm³/mol. The highest BCUT2D eigenvalue weighted by molar-refractivity contribution is 5.47. The van der Waals surface area contributed by atoms with E-state index in [0.29, 0.717) is 11.3 Å². The first kappa shape index (κ1) is 8.54. The van der Waals surface area contributed by atoms with Gasteiger partial charge in [0.2, 0.25) is 0 Å². The Morgan fingerprint density at radius 1 is 1.58 bits per heavy atom. The van der Waals surface area contributed by atoms with Crippen molar-refractivity contribution in [1.29, 1.82) is 5.26 Å². The molecule has 1 aromatic carbocycles. The van der Waals surface area contributed by atoms with Crippen LogP contribution in [-0.2, 0) is 0 Å². The lowest BCUT2D eigenvalue weighted by Crippen LogP contribution is -2.01. The molecule has 1 N–H and O–H groups in total. The first-order valence-corrected chi connectivity index (χ1v) is 3.61. The fourth-order valence-electron chi connectivity index (χ4n) is 0.919. The van der Waals surface area contributed by atoms with Crippen LogP contribution in [0.3, 0.4) is 0 Å². The maximum absolute atomic E-state index is 13.2. The Hall–Kier alpha value is -1.56. The number of nitrogens with one attached hydrogen (secondary N) is 1. The zero-order valence-corrected chi connectivity index (χ0v) is 6.76. The topological polar surface area (TPSA) is 35.8 Å². The van der Waals surface area contributed by atoms with E-state index < -0.39 is 0 Å². The van der Waals surface area contributed by atoms with Crippen molar-refractivity contribution in [1.82, 2.24) is 0 Å². The van der Waals surface area contributed by atoms with Crippen LogP contribution < -0.4 is 5.32 Å². The third-order valence-electron chi connectivity index (χ3n) is 1.55. The van der Waals surface area contributed by atoms with Gasteiger partial charge in [-0.05, 0) is 18.6 Å². The largest absolute Gasteiger partial charge is 0.370 e. The van der Waals surface area contributed by atoms with Gasteiger partial charge in [0, 0.05) is 0 Å². The molecule has 0 saturated heterocycles. The predicted octanol–water partition coefficient (Wildman–Crippen LogP) is 2.07. The van der Waals surface area contributed by atoms with Crippen LogP contribution in [0.1, 0.15) is 5.56 Å². The summed E-state index contributed by atoms with van der Waals surface area (Å²) in [5.74, 6) is -0.284. The molecule has 2 nitrogen and oxygen atoms in total. The molecule has 62 valence electrons. The van der Waals surface area contributed by atoms with Crippen LogP contribution in [0, 0.1) is 24.1 Å². The summed E-state index contributed by atoms with van der Waals surface area (Å²) in [7, 11) is 0. The average Bonchev–Trinajstić information content (AvgIpc) is 2.08. The molecule has 0 bridgehead atoms. The van der Waals surface area contributed by atoms with Crippen LogP contribution in [-0.4, -0.2) is 6.54 Å². The number of hydrogen-bond donors (Lipinski definition) is 1. The lowest BCUT2D eigenvalue weighted by atomic mass is 10.2. The third-order valence-corrected chi connectivity index (χ3v) is 1.55. The second-order valence-corrected chi connectivity index (χ2v) is 2.45. The number of nitrogens with zero attached hydrogens (tertiary/aromatic N) is 1. The lowest BCUT2D eigenvalue weighted by Gasteiger charge is -2.04. The number of halogens is 1. The molecule has 0 atom stereocenters. The summed E-state index contributed by atoms with van der Waals surface area (Å²) in [4.78, 5) is 0. The highest BCUT2D eigenvalue weighted by Crippen LogP contribution is 2.16. The van der Waals surface area contributed by atoms with Gasteiger partial charge in [0.05, 0.1) is 11.8 Å². The maximum Gasteiger partial charge on any atom is 0.149 e. The van der Waals surface area contributed by atoms with Gasteiger partial charge in [-0.15, -0.1) is 0 Å². The van der Waals surface area contributed by atoms with Gasteiger partial charge in [0.15, 0.2) is 0 Å². The zero-order chi connectivity index (χ0) is 8.97. The van der Waals surface area contributed by atoms with Gasteiger partial charge in [-0.2, -0.15) is 5.26 Å². The molecular weight excluding hydrogens is 155 g/mol. The van der Waals surface area contributed by atoms with Crippen LogP contribution in [0.5, 0.6) is 0 Å². The summed E-state index contributed by atoms with van der Waals surface area (Å²) in [5, 5.41) is 10.9.